The molecule has 0 unspecified atom stereocenters. The molecular formula is C20H25ClN6O. The first-order chi connectivity index (χ1) is 13.3. The molecule has 0 amide bonds. The quantitative estimate of drug-likeness (QED) is 0.725. The molecule has 4 rings (SSSR count). The number of rotatable bonds is 4. The highest BCUT2D eigenvalue weighted by molar-refractivity contribution is 6.31. The van der Waals surface area contributed by atoms with Gasteiger partial charge in [0.05, 0.1) is 11.8 Å². The molecule has 1 aliphatic heterocycles. The number of phenols is 1. The van der Waals surface area contributed by atoms with Crippen molar-refractivity contribution < 1.29 is 5.11 Å². The number of aromatic nitrogens is 4. The highest BCUT2D eigenvalue weighted by Crippen LogP contribution is 2.35. The normalized spacial score (nSPS) is 17.2. The van der Waals surface area contributed by atoms with Crippen LogP contribution in [0.25, 0.3) is 22.7 Å². The second kappa shape index (κ2) is 7.22. The number of benzene rings is 1. The van der Waals surface area contributed by atoms with Crippen LogP contribution in [0, 0.1) is 12.8 Å². The molecule has 1 aliphatic rings. The molecule has 1 fully saturated rings. The average Bonchev–Trinajstić information content (AvgIpc) is 3.19. The number of halogens is 1. The fourth-order valence-electron chi connectivity index (χ4n) is 4.05. The molecular weight excluding hydrogens is 376 g/mol. The number of nitrogens with zero attached hydrogens (tertiary/aromatic N) is 6. The van der Waals surface area contributed by atoms with Crippen LogP contribution in [0.4, 0.5) is 5.82 Å². The molecule has 0 radical (unpaired) electrons. The van der Waals surface area contributed by atoms with E-state index in [9.17, 15) is 5.11 Å². The van der Waals surface area contributed by atoms with Gasteiger partial charge in [0.1, 0.15) is 17.4 Å². The van der Waals surface area contributed by atoms with Gasteiger partial charge in [-0.3, -0.25) is 0 Å². The maximum atomic E-state index is 10.4. The molecule has 1 saturated heterocycles. The van der Waals surface area contributed by atoms with E-state index in [0.29, 0.717) is 33.6 Å². The van der Waals surface area contributed by atoms with Gasteiger partial charge in [0.2, 0.25) is 0 Å². The predicted octanol–water partition coefficient (Wildman–Crippen LogP) is 3.09. The number of aromatic hydroxyl groups is 1. The molecule has 8 heteroatoms. The minimum absolute atomic E-state index is 0.106. The summed E-state index contributed by atoms with van der Waals surface area (Å²) in [6.07, 6.45) is 2.98. The third kappa shape index (κ3) is 3.40. The van der Waals surface area contributed by atoms with Crippen LogP contribution < -0.4 is 4.90 Å². The number of fused-ring (bicyclic) bond motifs is 1. The van der Waals surface area contributed by atoms with Crippen molar-refractivity contribution in [3.05, 3.63) is 28.9 Å². The summed E-state index contributed by atoms with van der Waals surface area (Å²) in [5.74, 6) is 2.23. The predicted molar refractivity (Wildman–Crippen MR) is 112 cm³/mol. The van der Waals surface area contributed by atoms with Gasteiger partial charge < -0.3 is 19.5 Å². The smallest absolute Gasteiger partial charge is 0.200 e. The molecule has 1 atom stereocenters. The van der Waals surface area contributed by atoms with Crippen LogP contribution in [0.1, 0.15) is 12.0 Å². The Bertz CT molecular complexity index is 1010. The van der Waals surface area contributed by atoms with E-state index in [1.165, 1.54) is 6.07 Å². The number of hydrogen-bond donors (Lipinski definition) is 1. The molecule has 28 heavy (non-hydrogen) atoms. The monoisotopic (exact) mass is 400 g/mol. The van der Waals surface area contributed by atoms with Gasteiger partial charge >= 0.3 is 0 Å². The van der Waals surface area contributed by atoms with Crippen molar-refractivity contribution in [1.29, 1.82) is 0 Å². The summed E-state index contributed by atoms with van der Waals surface area (Å²) in [5, 5.41) is 10.9. The number of aryl methyl sites for hydroxylation is 2. The molecule has 3 aromatic rings. The van der Waals surface area contributed by atoms with Crippen LogP contribution in [-0.4, -0.2) is 63.3 Å². The van der Waals surface area contributed by atoms with Crippen LogP contribution in [0.3, 0.4) is 0 Å². The Hall–Kier alpha value is -2.38. The first-order valence-corrected chi connectivity index (χ1v) is 9.80. The van der Waals surface area contributed by atoms with Crippen molar-refractivity contribution in [3.8, 4) is 17.1 Å². The zero-order valence-electron chi connectivity index (χ0n) is 16.6. The number of anilines is 1. The maximum Gasteiger partial charge on any atom is 0.200 e. The van der Waals surface area contributed by atoms with Gasteiger partial charge in [-0.25, -0.2) is 15.0 Å². The molecule has 1 N–H and O–H groups in total. The van der Waals surface area contributed by atoms with Crippen LogP contribution in [0.15, 0.2) is 18.3 Å². The summed E-state index contributed by atoms with van der Waals surface area (Å²) >= 11 is 6.04. The van der Waals surface area contributed by atoms with Crippen LogP contribution in [0.5, 0.6) is 5.75 Å². The summed E-state index contributed by atoms with van der Waals surface area (Å²) in [6, 6.07) is 3.35. The Labute approximate surface area is 169 Å². The molecule has 0 aliphatic carbocycles. The van der Waals surface area contributed by atoms with Crippen molar-refractivity contribution >= 4 is 28.7 Å². The first-order valence-electron chi connectivity index (χ1n) is 9.42. The number of hydrogen-bond acceptors (Lipinski definition) is 6. The Morgan fingerprint density at radius 2 is 2.07 bits per heavy atom. The fourth-order valence-corrected chi connectivity index (χ4v) is 4.32. The van der Waals surface area contributed by atoms with E-state index in [4.69, 9.17) is 16.6 Å². The Morgan fingerprint density at radius 1 is 1.29 bits per heavy atom. The third-order valence-electron chi connectivity index (χ3n) is 5.31. The lowest BCUT2D eigenvalue weighted by atomic mass is 10.1. The van der Waals surface area contributed by atoms with Gasteiger partial charge in [-0.05, 0) is 51.1 Å². The highest BCUT2D eigenvalue weighted by atomic mass is 35.5. The summed E-state index contributed by atoms with van der Waals surface area (Å²) in [6.45, 7) is 4.95. The SMILES string of the molecule is Cc1cc(Cl)cc(O)c1-c1nc2nc(N3CC[C@H](CN(C)C)C3)cnc2n1C. The van der Waals surface area contributed by atoms with Gasteiger partial charge in [0, 0.05) is 31.7 Å². The maximum absolute atomic E-state index is 10.4. The molecule has 0 bridgehead atoms. The molecule has 1 aromatic carbocycles. The zero-order valence-corrected chi connectivity index (χ0v) is 17.4. The lowest BCUT2D eigenvalue weighted by molar-refractivity contribution is 0.340. The lowest BCUT2D eigenvalue weighted by Crippen LogP contribution is -2.26. The van der Waals surface area contributed by atoms with Crippen molar-refractivity contribution in [2.75, 3.05) is 38.6 Å². The minimum Gasteiger partial charge on any atom is -0.507 e. The average molecular weight is 401 g/mol. The van der Waals surface area contributed by atoms with Crippen LogP contribution >= 0.6 is 11.6 Å². The molecule has 3 heterocycles. The van der Waals surface area contributed by atoms with Gasteiger partial charge in [-0.2, -0.15) is 0 Å². The number of phenolic OH excluding ortho intramolecular Hbond substituents is 1. The van der Waals surface area contributed by atoms with Crippen molar-refractivity contribution in [3.63, 3.8) is 0 Å². The van der Waals surface area contributed by atoms with Crippen LogP contribution in [-0.2, 0) is 7.05 Å². The standard InChI is InChI=1S/C20H25ClN6O/c1-12-7-14(21)8-15(28)17(12)19-24-18-20(26(19)4)22-9-16(23-18)27-6-5-13(11-27)10-25(2)3/h7-9,13,28H,5-6,10-11H2,1-4H3/t13-/m1/s1. The van der Waals surface area contributed by atoms with Crippen molar-refractivity contribution in [2.24, 2.45) is 13.0 Å². The van der Waals surface area contributed by atoms with Crippen molar-refractivity contribution in [1.82, 2.24) is 24.4 Å². The molecule has 0 saturated carbocycles. The molecule has 148 valence electrons. The summed E-state index contributed by atoms with van der Waals surface area (Å²) in [5.41, 5.74) is 2.78. The van der Waals surface area contributed by atoms with E-state index >= 15 is 0 Å². The topological polar surface area (TPSA) is 70.3 Å². The van der Waals surface area contributed by atoms with E-state index in [2.05, 4.69) is 33.9 Å². The Kier molecular flexibility index (Phi) is 4.89. The first kappa shape index (κ1) is 19.0. The largest absolute Gasteiger partial charge is 0.507 e. The van der Waals surface area contributed by atoms with E-state index in [-0.39, 0.29) is 5.75 Å². The van der Waals surface area contributed by atoms with E-state index in [1.807, 2.05) is 30.8 Å². The number of imidazole rings is 1. The van der Waals surface area contributed by atoms with Gasteiger partial charge in [0.25, 0.3) is 0 Å². The second-order valence-electron chi connectivity index (χ2n) is 7.85. The molecule has 2 aromatic heterocycles. The molecule has 0 spiro atoms. The molecule has 7 nitrogen and oxygen atoms in total. The Balaban J connectivity index is 1.69. The third-order valence-corrected chi connectivity index (χ3v) is 5.52. The summed E-state index contributed by atoms with van der Waals surface area (Å²) in [7, 11) is 6.10. The lowest BCUT2D eigenvalue weighted by Gasteiger charge is -2.18. The van der Waals surface area contributed by atoms with E-state index in [1.54, 1.807) is 0 Å². The Morgan fingerprint density at radius 3 is 2.79 bits per heavy atom. The van der Waals surface area contributed by atoms with Crippen LogP contribution in [0.2, 0.25) is 5.02 Å². The van der Waals surface area contributed by atoms with Gasteiger partial charge in [-0.1, -0.05) is 11.6 Å². The van der Waals surface area contributed by atoms with Crippen molar-refractivity contribution in [2.45, 2.75) is 13.3 Å². The van der Waals surface area contributed by atoms with E-state index in [0.717, 1.165) is 37.4 Å². The summed E-state index contributed by atoms with van der Waals surface area (Å²) in [4.78, 5) is 18.6. The zero-order chi connectivity index (χ0) is 20.0. The highest BCUT2D eigenvalue weighted by Gasteiger charge is 2.25. The van der Waals surface area contributed by atoms with Gasteiger partial charge in [-0.15, -0.1) is 0 Å². The van der Waals surface area contributed by atoms with E-state index < -0.39 is 0 Å². The fraction of sp³-hybridized carbons (Fsp3) is 0.450. The van der Waals surface area contributed by atoms with Gasteiger partial charge in [0.15, 0.2) is 11.3 Å². The summed E-state index contributed by atoms with van der Waals surface area (Å²) < 4.78 is 1.86. The second-order valence-corrected chi connectivity index (χ2v) is 8.29. The minimum atomic E-state index is 0.106.